The SMILES string of the molecule is Br/C1=C/CCC2=C(CC1)C1C=CC2CC1. The van der Waals surface area contributed by atoms with E-state index in [0.29, 0.717) is 0 Å². The van der Waals surface area contributed by atoms with E-state index in [4.69, 9.17) is 0 Å². The summed E-state index contributed by atoms with van der Waals surface area (Å²) in [5.74, 6) is 1.60. The molecule has 0 aliphatic heterocycles. The third-order valence-corrected chi connectivity index (χ3v) is 4.80. The summed E-state index contributed by atoms with van der Waals surface area (Å²) in [6, 6.07) is 0. The maximum absolute atomic E-state index is 3.66. The molecular weight excluding hydrogens is 248 g/mol. The molecule has 80 valence electrons. The molecule has 0 aromatic rings. The van der Waals surface area contributed by atoms with Crippen molar-refractivity contribution in [2.45, 2.75) is 38.5 Å². The van der Waals surface area contributed by atoms with E-state index in [2.05, 4.69) is 34.2 Å². The van der Waals surface area contributed by atoms with E-state index in [0.717, 1.165) is 11.8 Å². The first-order valence-electron chi connectivity index (χ1n) is 6.09. The third kappa shape index (κ3) is 1.75. The number of allylic oxidation sites excluding steroid dienone is 6. The van der Waals surface area contributed by atoms with Crippen LogP contribution in [0.1, 0.15) is 38.5 Å². The Morgan fingerprint density at radius 3 is 2.27 bits per heavy atom. The van der Waals surface area contributed by atoms with Crippen molar-refractivity contribution in [1.29, 1.82) is 0 Å². The van der Waals surface area contributed by atoms with Crippen LogP contribution in [0.25, 0.3) is 0 Å². The molecule has 0 heterocycles. The smallest absolute Gasteiger partial charge is 0.00197 e. The normalized spacial score (nSPS) is 38.1. The van der Waals surface area contributed by atoms with Gasteiger partial charge in [0, 0.05) is 0 Å². The summed E-state index contributed by atoms with van der Waals surface area (Å²) in [5, 5.41) is 0. The molecule has 4 aliphatic carbocycles. The van der Waals surface area contributed by atoms with Crippen molar-refractivity contribution in [2.75, 3.05) is 0 Å². The summed E-state index contributed by atoms with van der Waals surface area (Å²) in [4.78, 5) is 0. The molecule has 4 aliphatic rings. The van der Waals surface area contributed by atoms with Gasteiger partial charge in [-0.15, -0.1) is 0 Å². The molecule has 0 nitrogen and oxygen atoms in total. The van der Waals surface area contributed by atoms with Gasteiger partial charge in [0.05, 0.1) is 0 Å². The summed E-state index contributed by atoms with van der Waals surface area (Å²) >= 11 is 3.66. The standard InChI is InChI=1S/C14H17Br/c15-12-2-1-3-13-10-4-6-11(7-5-10)14(13)9-8-12/h2,4,6,10-11H,1,3,5,7-9H2/b12-2+. The van der Waals surface area contributed by atoms with E-state index < -0.39 is 0 Å². The highest BCUT2D eigenvalue weighted by Gasteiger charge is 2.30. The van der Waals surface area contributed by atoms with Crippen LogP contribution >= 0.6 is 15.9 Å². The van der Waals surface area contributed by atoms with E-state index in [1.54, 1.807) is 11.1 Å². The average Bonchev–Trinajstić information content (AvgIpc) is 2.25. The van der Waals surface area contributed by atoms with Crippen molar-refractivity contribution in [2.24, 2.45) is 11.8 Å². The summed E-state index contributed by atoms with van der Waals surface area (Å²) in [7, 11) is 0. The molecule has 2 atom stereocenters. The third-order valence-electron chi connectivity index (χ3n) is 4.08. The lowest BCUT2D eigenvalue weighted by atomic mass is 9.69. The van der Waals surface area contributed by atoms with Gasteiger partial charge < -0.3 is 0 Å². The Balaban J connectivity index is 1.90. The molecule has 2 unspecified atom stereocenters. The van der Waals surface area contributed by atoms with Crippen LogP contribution in [0.3, 0.4) is 0 Å². The van der Waals surface area contributed by atoms with Crippen molar-refractivity contribution in [3.8, 4) is 0 Å². The van der Waals surface area contributed by atoms with Crippen molar-refractivity contribution >= 4 is 15.9 Å². The number of rotatable bonds is 0. The molecular formula is C14H17Br. The fraction of sp³-hybridized carbons (Fsp3) is 0.571. The average molecular weight is 265 g/mol. The second-order valence-electron chi connectivity index (χ2n) is 4.92. The van der Waals surface area contributed by atoms with Gasteiger partial charge in [0.25, 0.3) is 0 Å². The van der Waals surface area contributed by atoms with E-state index in [9.17, 15) is 0 Å². The Labute approximate surface area is 100 Å². The van der Waals surface area contributed by atoms with Gasteiger partial charge in [-0.1, -0.05) is 45.3 Å². The van der Waals surface area contributed by atoms with Crippen molar-refractivity contribution in [3.63, 3.8) is 0 Å². The van der Waals surface area contributed by atoms with E-state index in [1.165, 1.54) is 43.0 Å². The Kier molecular flexibility index (Phi) is 2.59. The van der Waals surface area contributed by atoms with Gasteiger partial charge in [0.2, 0.25) is 0 Å². The largest absolute Gasteiger partial charge is 0.0807 e. The highest BCUT2D eigenvalue weighted by molar-refractivity contribution is 9.11. The van der Waals surface area contributed by atoms with Crippen molar-refractivity contribution in [1.82, 2.24) is 0 Å². The minimum Gasteiger partial charge on any atom is -0.0807 e. The molecule has 0 fully saturated rings. The predicted octanol–water partition coefficient (Wildman–Crippen LogP) is 4.73. The fourth-order valence-electron chi connectivity index (χ4n) is 3.31. The van der Waals surface area contributed by atoms with Crippen LogP contribution in [0.2, 0.25) is 0 Å². The van der Waals surface area contributed by atoms with Crippen LogP contribution < -0.4 is 0 Å². The number of fused-ring (bicyclic) bond motifs is 1. The molecule has 0 saturated heterocycles. The number of halogens is 1. The second kappa shape index (κ2) is 3.93. The highest BCUT2D eigenvalue weighted by atomic mass is 79.9. The van der Waals surface area contributed by atoms with Crippen LogP contribution in [-0.2, 0) is 0 Å². The molecule has 2 bridgehead atoms. The molecule has 0 aromatic heterocycles. The zero-order valence-electron chi connectivity index (χ0n) is 9.01. The quantitative estimate of drug-likeness (QED) is 0.555. The maximum atomic E-state index is 3.66. The first kappa shape index (κ1) is 9.89. The summed E-state index contributed by atoms with van der Waals surface area (Å²) in [5.41, 5.74) is 3.59. The minimum absolute atomic E-state index is 0.795. The van der Waals surface area contributed by atoms with Crippen LogP contribution in [0.4, 0.5) is 0 Å². The Bertz CT molecular complexity index is 360. The molecule has 0 N–H and O–H groups in total. The van der Waals surface area contributed by atoms with Gasteiger partial charge in [-0.25, -0.2) is 0 Å². The van der Waals surface area contributed by atoms with Gasteiger partial charge >= 0.3 is 0 Å². The molecule has 0 spiro atoms. The minimum atomic E-state index is 0.795. The lowest BCUT2D eigenvalue weighted by molar-refractivity contribution is 0.454. The van der Waals surface area contributed by atoms with Gasteiger partial charge in [0.15, 0.2) is 0 Å². The molecule has 0 aromatic carbocycles. The highest BCUT2D eigenvalue weighted by Crippen LogP contribution is 2.45. The zero-order chi connectivity index (χ0) is 10.3. The number of hydrogen-bond acceptors (Lipinski definition) is 0. The van der Waals surface area contributed by atoms with Crippen LogP contribution in [0, 0.1) is 11.8 Å². The monoisotopic (exact) mass is 264 g/mol. The van der Waals surface area contributed by atoms with Gasteiger partial charge in [-0.05, 0) is 54.8 Å². The Morgan fingerprint density at radius 1 is 0.933 bits per heavy atom. The topological polar surface area (TPSA) is 0 Å². The first-order chi connectivity index (χ1) is 7.34. The zero-order valence-corrected chi connectivity index (χ0v) is 10.6. The molecule has 4 rings (SSSR count). The Hall–Kier alpha value is -0.300. The van der Waals surface area contributed by atoms with E-state index in [-0.39, 0.29) is 0 Å². The van der Waals surface area contributed by atoms with E-state index >= 15 is 0 Å². The van der Waals surface area contributed by atoms with Gasteiger partial charge in [0.1, 0.15) is 0 Å². The van der Waals surface area contributed by atoms with Crippen LogP contribution in [0.5, 0.6) is 0 Å². The maximum Gasteiger partial charge on any atom is -0.00197 e. The lowest BCUT2D eigenvalue weighted by Crippen LogP contribution is -2.22. The molecule has 0 amide bonds. The summed E-state index contributed by atoms with van der Waals surface area (Å²) in [6.45, 7) is 0. The van der Waals surface area contributed by atoms with Gasteiger partial charge in [-0.3, -0.25) is 0 Å². The lowest BCUT2D eigenvalue weighted by Gasteiger charge is -2.37. The Morgan fingerprint density at radius 2 is 1.60 bits per heavy atom. The second-order valence-corrected chi connectivity index (χ2v) is 5.93. The molecule has 0 radical (unpaired) electrons. The first-order valence-corrected chi connectivity index (χ1v) is 6.88. The number of hydrogen-bond donors (Lipinski definition) is 0. The molecule has 15 heavy (non-hydrogen) atoms. The van der Waals surface area contributed by atoms with Crippen molar-refractivity contribution < 1.29 is 0 Å². The van der Waals surface area contributed by atoms with Crippen molar-refractivity contribution in [3.05, 3.63) is 33.9 Å². The van der Waals surface area contributed by atoms with Crippen LogP contribution in [0.15, 0.2) is 33.9 Å². The molecule has 1 heteroatoms. The fourth-order valence-corrected chi connectivity index (χ4v) is 3.74. The van der Waals surface area contributed by atoms with Gasteiger partial charge in [-0.2, -0.15) is 0 Å². The predicted molar refractivity (Wildman–Crippen MR) is 67.9 cm³/mol. The summed E-state index contributed by atoms with van der Waals surface area (Å²) < 4.78 is 1.42. The van der Waals surface area contributed by atoms with Crippen LogP contribution in [-0.4, -0.2) is 0 Å². The molecule has 0 saturated carbocycles. The van der Waals surface area contributed by atoms with E-state index in [1.807, 2.05) is 0 Å². The summed E-state index contributed by atoms with van der Waals surface area (Å²) in [6.07, 6.45) is 15.2.